The Bertz CT molecular complexity index is 2310. The van der Waals surface area contributed by atoms with E-state index in [1.54, 1.807) is 47.6 Å². The Labute approximate surface area is 406 Å². The predicted molar refractivity (Wildman–Crippen MR) is 244 cm³/mol. The van der Waals surface area contributed by atoms with Gasteiger partial charge >= 0.3 is 52.6 Å². The normalized spacial score (nSPS) is 34.6. The quantitative estimate of drug-likeness (QED) is 0.0745. The van der Waals surface area contributed by atoms with Crippen molar-refractivity contribution in [2.45, 2.75) is 151 Å². The summed E-state index contributed by atoms with van der Waals surface area (Å²) in [4.78, 5) is 106. The van der Waals surface area contributed by atoms with Crippen LogP contribution in [0.15, 0.2) is 49.3 Å². The van der Waals surface area contributed by atoms with Crippen LogP contribution in [0, 0.1) is 45.3 Å². The number of carboxylic acid groups (broad SMARTS) is 6. The number of fused-ring (bicyclic) bond motifs is 6. The third-order valence-electron chi connectivity index (χ3n) is 15.9. The van der Waals surface area contributed by atoms with Gasteiger partial charge in [-0.3, -0.25) is 48.5 Å². The Morgan fingerprint density at radius 2 is 1.26 bits per heavy atom. The summed E-state index contributed by atoms with van der Waals surface area (Å²) in [5, 5.41) is 78.2. The zero-order valence-corrected chi connectivity index (χ0v) is 41.2. The van der Waals surface area contributed by atoms with Gasteiger partial charge in [0.05, 0.1) is 36.9 Å². The van der Waals surface area contributed by atoms with E-state index in [2.05, 4.69) is 10.6 Å². The fourth-order valence-corrected chi connectivity index (χ4v) is 12.1. The Balaban J connectivity index is 0.0000101. The molecule has 0 aromatic carbocycles. The summed E-state index contributed by atoms with van der Waals surface area (Å²) in [5.41, 5.74) is -3.41. The third-order valence-corrected chi connectivity index (χ3v) is 15.9. The summed E-state index contributed by atoms with van der Waals surface area (Å²) in [6.45, 7) is 15.6. The molecule has 0 saturated carbocycles. The molecular formula is C48H67CoN5O14+3. The number of aliphatic hydroxyl groups is 1. The third kappa shape index (κ3) is 10.4. The van der Waals surface area contributed by atoms with Gasteiger partial charge in [-0.2, -0.15) is 0 Å². The minimum Gasteiger partial charge on any atom is -0.481 e. The number of aliphatic hydroxyl groups excluding tert-OH is 1. The second kappa shape index (κ2) is 20.4. The summed E-state index contributed by atoms with van der Waals surface area (Å²) >= 11 is 0. The summed E-state index contributed by atoms with van der Waals surface area (Å²) in [6, 6.07) is -1.13. The average Bonchev–Trinajstić information content (AvgIpc) is 3.80. The van der Waals surface area contributed by atoms with Crippen LogP contribution in [0.25, 0.3) is 0 Å². The monoisotopic (exact) mass is 996 g/mol. The van der Waals surface area contributed by atoms with Crippen molar-refractivity contribution in [3.8, 4) is 0 Å². The van der Waals surface area contributed by atoms with E-state index >= 15 is 0 Å². The zero-order valence-electron chi connectivity index (χ0n) is 40.2. The zero-order chi connectivity index (χ0) is 50.4. The molecule has 19 nitrogen and oxygen atoms in total. The minimum absolute atomic E-state index is 0. The first-order chi connectivity index (χ1) is 30.9. The van der Waals surface area contributed by atoms with Crippen LogP contribution < -0.4 is 10.6 Å². The number of carbonyl (C=O) groups excluding carboxylic acids is 1. The molecule has 374 valence electrons. The largest absolute Gasteiger partial charge is 3.00 e. The van der Waals surface area contributed by atoms with E-state index in [1.165, 1.54) is 6.92 Å². The molecule has 5 aliphatic rings. The van der Waals surface area contributed by atoms with Crippen LogP contribution in [0.4, 0.5) is 0 Å². The maximum Gasteiger partial charge on any atom is 3.00 e. The maximum atomic E-state index is 13.4. The summed E-state index contributed by atoms with van der Waals surface area (Å²) < 4.78 is 0. The van der Waals surface area contributed by atoms with E-state index in [9.17, 15) is 69.3 Å². The number of nitrogens with one attached hydrogen (secondary N) is 2. The van der Waals surface area contributed by atoms with E-state index in [-0.39, 0.29) is 74.0 Å². The molecule has 0 aromatic heterocycles. The molecule has 0 aliphatic carbocycles. The number of rotatable bonds is 20. The average molecular weight is 997 g/mol. The van der Waals surface area contributed by atoms with Crippen molar-refractivity contribution in [1.29, 1.82) is 0 Å². The molecule has 10 atom stereocenters. The first-order valence-electron chi connectivity index (χ1n) is 22.9. The topological polar surface area (TPSA) is 322 Å². The molecular weight excluding hydrogens is 929 g/mol. The molecule has 8 bridgehead atoms. The standard InChI is InChI=1S/C48H67N5O14.Co/c1-23(54)22-49-32(55)16-17-45(6)29(18-36(62)63)43-48(9)47(8,21-38(66)67)28(12-15-35(60)61)40(53-48)25(3)42-46(7,20-37(64)65)26(10-13-33(56)57)30(50-42)19-31-44(4,5)27(11-14-34(58)59)39(51-31)24(2)41(45)52-43;/h19,23,26-29,43,50,54H,10-18,20-22H2,1-9H3,(H,49,55)(H,56,57)(H,58,59)(H,60,61)(H,62,63)(H,64,65)(H,66,67);/q;+3/b30-19-,39-24-,42-25-;/t23-,26-,27-,28-,29+,43-,45-,46+,47+,48+;/m1./s1. The summed E-state index contributed by atoms with van der Waals surface area (Å²) in [6.07, 6.45) is -1.85. The molecule has 1 saturated heterocycles. The first kappa shape index (κ1) is 55.4. The van der Waals surface area contributed by atoms with Crippen LogP contribution in [0.3, 0.4) is 0 Å². The number of aliphatic imine (C=N–C) groups is 3. The molecule has 5 aliphatic heterocycles. The maximum absolute atomic E-state index is 13.4. The van der Waals surface area contributed by atoms with E-state index in [0.29, 0.717) is 39.7 Å². The van der Waals surface area contributed by atoms with Crippen molar-refractivity contribution in [3.05, 3.63) is 34.3 Å². The van der Waals surface area contributed by atoms with E-state index in [4.69, 9.17) is 15.0 Å². The van der Waals surface area contributed by atoms with Crippen LogP contribution in [0.1, 0.15) is 133 Å². The number of allylic oxidation sites excluding steroid dienone is 6. The number of carbonyl (C=O) groups is 7. The van der Waals surface area contributed by atoms with Gasteiger partial charge in [0.1, 0.15) is 0 Å². The van der Waals surface area contributed by atoms with Gasteiger partial charge in [-0.1, -0.05) is 34.6 Å². The molecule has 68 heavy (non-hydrogen) atoms. The Morgan fingerprint density at radius 3 is 1.78 bits per heavy atom. The number of hydrogen-bond acceptors (Lipinski definition) is 12. The van der Waals surface area contributed by atoms with Crippen molar-refractivity contribution in [2.24, 2.45) is 60.3 Å². The molecule has 1 amide bonds. The van der Waals surface area contributed by atoms with Gasteiger partial charge in [-0.15, -0.1) is 0 Å². The number of carboxylic acids is 6. The molecule has 5 rings (SSSR count). The molecule has 0 aromatic rings. The molecule has 0 radical (unpaired) electrons. The van der Waals surface area contributed by atoms with Crippen molar-refractivity contribution < 1.29 is 86.1 Å². The van der Waals surface area contributed by atoms with Crippen LogP contribution in [0.5, 0.6) is 0 Å². The van der Waals surface area contributed by atoms with Gasteiger partial charge in [0.2, 0.25) is 5.91 Å². The van der Waals surface area contributed by atoms with Gasteiger partial charge in [0, 0.05) is 112 Å². The number of aliphatic carboxylic acids is 6. The Morgan fingerprint density at radius 1 is 0.721 bits per heavy atom. The van der Waals surface area contributed by atoms with Crippen LogP contribution in [0.2, 0.25) is 0 Å². The Hall–Kier alpha value is -5.21. The van der Waals surface area contributed by atoms with Gasteiger partial charge in [0.15, 0.2) is 0 Å². The van der Waals surface area contributed by atoms with Crippen LogP contribution in [-0.4, -0.2) is 119 Å². The van der Waals surface area contributed by atoms with Crippen molar-refractivity contribution in [3.63, 3.8) is 0 Å². The summed E-state index contributed by atoms with van der Waals surface area (Å²) in [5.74, 6) is -10.7. The second-order valence-electron chi connectivity index (χ2n) is 20.7. The second-order valence-corrected chi connectivity index (χ2v) is 20.7. The van der Waals surface area contributed by atoms with E-state index < -0.39 is 130 Å². The van der Waals surface area contributed by atoms with Crippen molar-refractivity contribution in [2.75, 3.05) is 6.54 Å². The van der Waals surface area contributed by atoms with Gasteiger partial charge in [0.25, 0.3) is 0 Å². The van der Waals surface area contributed by atoms with Crippen molar-refractivity contribution >= 4 is 58.9 Å². The van der Waals surface area contributed by atoms with Crippen LogP contribution >= 0.6 is 0 Å². The fraction of sp³-hybridized carbons (Fsp3) is 0.667. The number of hydrogen-bond donors (Lipinski definition) is 9. The number of nitrogens with zero attached hydrogens (tertiary/aromatic N) is 3. The Kier molecular flexibility index (Phi) is 16.6. The predicted octanol–water partition coefficient (Wildman–Crippen LogP) is 5.33. The SMILES string of the molecule is C/C1=C2N=C(/C=C3\N/C(=C(/C)C4=N[C@@](C)([C@@H]5N=C1[C@](C)(CCC(=O)NC[C@@H](C)O)[C@H]5CC(=O)O)[C@@](C)(CC(=O)O)[C@@H]4CCC(=O)O)[C@@](C)(CC(=O)O)[C@@H]3CCC(=O)O)C(C)(C)[C@@H]/2CCC(=O)O.[Co+3]. The van der Waals surface area contributed by atoms with Gasteiger partial charge in [-0.05, 0) is 70.6 Å². The molecule has 9 N–H and O–H groups in total. The van der Waals surface area contributed by atoms with Gasteiger partial charge in [-0.25, -0.2) is 0 Å². The molecule has 1 fully saturated rings. The molecule has 5 heterocycles. The summed E-state index contributed by atoms with van der Waals surface area (Å²) in [7, 11) is 0. The van der Waals surface area contributed by atoms with E-state index in [0.717, 1.165) is 0 Å². The van der Waals surface area contributed by atoms with Crippen molar-refractivity contribution in [1.82, 2.24) is 10.6 Å². The smallest absolute Gasteiger partial charge is 0.481 e. The minimum atomic E-state index is -1.62. The number of amides is 1. The molecule has 0 unspecified atom stereocenters. The first-order valence-corrected chi connectivity index (χ1v) is 22.9. The van der Waals surface area contributed by atoms with Gasteiger partial charge < -0.3 is 46.4 Å². The fourth-order valence-electron chi connectivity index (χ4n) is 12.1. The van der Waals surface area contributed by atoms with E-state index in [1.807, 2.05) is 13.8 Å². The molecule has 0 spiro atoms. The van der Waals surface area contributed by atoms with Crippen LogP contribution in [-0.2, 0) is 50.3 Å². The molecule has 20 heteroatoms.